The molecular weight excluding hydrogens is 368 g/mol. The number of rotatable bonds is 9. The number of carboxylic acid groups (broad SMARTS) is 1. The van der Waals surface area contributed by atoms with E-state index in [2.05, 4.69) is 0 Å². The first kappa shape index (κ1) is 20.0. The Hall–Kier alpha value is -3.73. The Morgan fingerprint density at radius 2 is 1.55 bits per heavy atom. The van der Waals surface area contributed by atoms with Crippen molar-refractivity contribution in [3.63, 3.8) is 0 Å². The normalized spacial score (nSPS) is 10.7. The van der Waals surface area contributed by atoms with E-state index in [0.29, 0.717) is 24.7 Å². The lowest BCUT2D eigenvalue weighted by Crippen LogP contribution is -2.00. The van der Waals surface area contributed by atoms with Crippen molar-refractivity contribution in [2.24, 2.45) is 0 Å². The van der Waals surface area contributed by atoms with Gasteiger partial charge in [-0.3, -0.25) is 0 Å². The highest BCUT2D eigenvalue weighted by molar-refractivity contribution is 5.85. The van der Waals surface area contributed by atoms with Gasteiger partial charge in [0.2, 0.25) is 0 Å². The minimum absolute atomic E-state index is 0.294. The molecule has 148 valence electrons. The van der Waals surface area contributed by atoms with Crippen molar-refractivity contribution in [2.45, 2.75) is 13.2 Å². The predicted octanol–water partition coefficient (Wildman–Crippen LogP) is 4.95. The van der Waals surface area contributed by atoms with Crippen molar-refractivity contribution in [3.8, 4) is 17.2 Å². The molecule has 0 saturated carbocycles. The van der Waals surface area contributed by atoms with Crippen LogP contribution in [-0.4, -0.2) is 18.2 Å². The molecule has 0 atom stereocenters. The number of ether oxygens (including phenoxy) is 3. The summed E-state index contributed by atoms with van der Waals surface area (Å²) in [4.78, 5) is 10.7. The van der Waals surface area contributed by atoms with Gasteiger partial charge in [-0.2, -0.15) is 0 Å². The van der Waals surface area contributed by atoms with Crippen LogP contribution in [0.15, 0.2) is 78.9 Å². The summed E-state index contributed by atoms with van der Waals surface area (Å²) in [6.45, 7) is 0.803. The lowest BCUT2D eigenvalue weighted by Gasteiger charge is -2.12. The maximum atomic E-state index is 10.7. The van der Waals surface area contributed by atoms with E-state index in [1.165, 1.54) is 6.08 Å². The molecule has 0 bridgehead atoms. The Balaban J connectivity index is 1.60. The van der Waals surface area contributed by atoms with Crippen LogP contribution in [0, 0.1) is 0 Å². The molecule has 29 heavy (non-hydrogen) atoms. The van der Waals surface area contributed by atoms with E-state index in [1.54, 1.807) is 19.2 Å². The molecule has 5 nitrogen and oxygen atoms in total. The van der Waals surface area contributed by atoms with Gasteiger partial charge in [0.25, 0.3) is 0 Å². The molecule has 3 aromatic carbocycles. The fourth-order valence-corrected chi connectivity index (χ4v) is 2.72. The molecule has 0 aliphatic carbocycles. The van der Waals surface area contributed by atoms with Crippen molar-refractivity contribution in [1.29, 1.82) is 0 Å². The zero-order valence-corrected chi connectivity index (χ0v) is 16.1. The third-order valence-corrected chi connectivity index (χ3v) is 4.19. The summed E-state index contributed by atoms with van der Waals surface area (Å²) in [6, 6.07) is 22.8. The molecule has 0 aromatic heterocycles. The van der Waals surface area contributed by atoms with Crippen LogP contribution in [0.2, 0.25) is 0 Å². The van der Waals surface area contributed by atoms with Crippen LogP contribution >= 0.6 is 0 Å². The standard InChI is InChI=1S/C24H22O5/c1-27-23-13-7-18(8-14-24(25)26)15-20(23)17-29-22-11-9-21(10-12-22)28-16-19-5-3-2-4-6-19/h2-15H,16-17H2,1H3,(H,25,26)/b14-8+. The maximum Gasteiger partial charge on any atom is 0.328 e. The summed E-state index contributed by atoms with van der Waals surface area (Å²) < 4.78 is 17.0. The summed E-state index contributed by atoms with van der Waals surface area (Å²) in [7, 11) is 1.59. The molecule has 0 aliphatic heterocycles. The molecule has 0 saturated heterocycles. The SMILES string of the molecule is COc1ccc(/C=C/C(=O)O)cc1COc1ccc(OCc2ccccc2)cc1. The molecule has 3 rings (SSSR count). The molecule has 0 fully saturated rings. The van der Waals surface area contributed by atoms with E-state index in [9.17, 15) is 4.79 Å². The summed E-state index contributed by atoms with van der Waals surface area (Å²) in [6.07, 6.45) is 2.63. The van der Waals surface area contributed by atoms with Gasteiger partial charge < -0.3 is 19.3 Å². The van der Waals surface area contributed by atoms with Crippen molar-refractivity contribution in [1.82, 2.24) is 0 Å². The first-order chi connectivity index (χ1) is 14.1. The van der Waals surface area contributed by atoms with E-state index in [0.717, 1.165) is 28.5 Å². The van der Waals surface area contributed by atoms with Gasteiger partial charge in [0, 0.05) is 11.6 Å². The van der Waals surface area contributed by atoms with E-state index in [4.69, 9.17) is 19.3 Å². The van der Waals surface area contributed by atoms with Crippen molar-refractivity contribution >= 4 is 12.0 Å². The number of aliphatic carboxylic acids is 1. The van der Waals surface area contributed by atoms with Gasteiger partial charge in [0.15, 0.2) is 0 Å². The maximum absolute atomic E-state index is 10.7. The summed E-state index contributed by atoms with van der Waals surface area (Å²) in [5.74, 6) is 1.15. The topological polar surface area (TPSA) is 65.0 Å². The molecule has 0 amide bonds. The molecule has 0 heterocycles. The van der Waals surface area contributed by atoms with Crippen LogP contribution in [0.3, 0.4) is 0 Å². The third kappa shape index (κ3) is 6.14. The fourth-order valence-electron chi connectivity index (χ4n) is 2.72. The van der Waals surface area contributed by atoms with Crippen molar-refractivity contribution in [2.75, 3.05) is 7.11 Å². The number of carbonyl (C=O) groups is 1. The largest absolute Gasteiger partial charge is 0.496 e. The Bertz CT molecular complexity index is 962. The molecule has 0 spiro atoms. The monoisotopic (exact) mass is 390 g/mol. The van der Waals surface area contributed by atoms with Gasteiger partial charge >= 0.3 is 5.97 Å². The number of methoxy groups -OCH3 is 1. The average Bonchev–Trinajstić information content (AvgIpc) is 2.76. The molecule has 5 heteroatoms. The molecule has 0 unspecified atom stereocenters. The fraction of sp³-hybridized carbons (Fsp3) is 0.125. The zero-order valence-electron chi connectivity index (χ0n) is 16.1. The highest BCUT2D eigenvalue weighted by Gasteiger charge is 2.06. The second kappa shape index (κ2) is 9.99. The van der Waals surface area contributed by atoms with Crippen LogP contribution in [0.1, 0.15) is 16.7 Å². The Kier molecular flexibility index (Phi) is 6.90. The lowest BCUT2D eigenvalue weighted by molar-refractivity contribution is -0.131. The average molecular weight is 390 g/mol. The Morgan fingerprint density at radius 1 is 0.897 bits per heavy atom. The molecule has 0 radical (unpaired) electrons. The van der Waals surface area contributed by atoms with Gasteiger partial charge in [-0.25, -0.2) is 4.79 Å². The first-order valence-electron chi connectivity index (χ1n) is 9.11. The van der Waals surface area contributed by atoms with E-state index < -0.39 is 5.97 Å². The van der Waals surface area contributed by atoms with Gasteiger partial charge in [0.1, 0.15) is 30.5 Å². The smallest absolute Gasteiger partial charge is 0.328 e. The van der Waals surface area contributed by atoms with E-state index in [-0.39, 0.29) is 0 Å². The molecular formula is C24H22O5. The van der Waals surface area contributed by atoms with Crippen LogP contribution in [0.5, 0.6) is 17.2 Å². The summed E-state index contributed by atoms with van der Waals surface area (Å²) in [5, 5.41) is 8.78. The summed E-state index contributed by atoms with van der Waals surface area (Å²) in [5.41, 5.74) is 2.69. The van der Waals surface area contributed by atoms with Gasteiger partial charge in [-0.1, -0.05) is 36.4 Å². The van der Waals surface area contributed by atoms with Crippen LogP contribution < -0.4 is 14.2 Å². The number of hydrogen-bond donors (Lipinski definition) is 1. The van der Waals surface area contributed by atoms with Crippen LogP contribution in [-0.2, 0) is 18.0 Å². The highest BCUT2D eigenvalue weighted by atomic mass is 16.5. The van der Waals surface area contributed by atoms with Gasteiger partial charge in [-0.15, -0.1) is 0 Å². The number of hydrogen-bond acceptors (Lipinski definition) is 4. The summed E-state index contributed by atoms with van der Waals surface area (Å²) >= 11 is 0. The first-order valence-corrected chi connectivity index (χ1v) is 9.11. The number of benzene rings is 3. The van der Waals surface area contributed by atoms with Crippen LogP contribution in [0.25, 0.3) is 6.08 Å². The van der Waals surface area contributed by atoms with E-state index >= 15 is 0 Å². The molecule has 0 aliphatic rings. The highest BCUT2D eigenvalue weighted by Crippen LogP contribution is 2.24. The zero-order chi connectivity index (χ0) is 20.5. The third-order valence-electron chi connectivity index (χ3n) is 4.19. The molecule has 3 aromatic rings. The second-order valence-electron chi connectivity index (χ2n) is 6.28. The number of carboxylic acids is 1. The Labute approximate surface area is 169 Å². The quantitative estimate of drug-likeness (QED) is 0.524. The predicted molar refractivity (Wildman–Crippen MR) is 111 cm³/mol. The molecule has 1 N–H and O–H groups in total. The lowest BCUT2D eigenvalue weighted by atomic mass is 10.1. The minimum atomic E-state index is -0.992. The van der Waals surface area contributed by atoms with Crippen LogP contribution in [0.4, 0.5) is 0 Å². The van der Waals surface area contributed by atoms with E-state index in [1.807, 2.05) is 60.7 Å². The Morgan fingerprint density at radius 3 is 2.17 bits per heavy atom. The van der Waals surface area contributed by atoms with Crippen molar-refractivity contribution in [3.05, 3.63) is 95.6 Å². The van der Waals surface area contributed by atoms with Gasteiger partial charge in [-0.05, 0) is 53.6 Å². The van der Waals surface area contributed by atoms with Crippen molar-refractivity contribution < 1.29 is 24.1 Å². The second-order valence-corrected chi connectivity index (χ2v) is 6.28. The minimum Gasteiger partial charge on any atom is -0.496 e. The van der Waals surface area contributed by atoms with Gasteiger partial charge in [0.05, 0.1) is 7.11 Å².